The second-order valence-corrected chi connectivity index (χ2v) is 8.20. The van der Waals surface area contributed by atoms with Crippen LogP contribution in [0.4, 0.5) is 0 Å². The van der Waals surface area contributed by atoms with Gasteiger partial charge in [0.15, 0.2) is 18.5 Å². The van der Waals surface area contributed by atoms with Crippen molar-refractivity contribution >= 4 is 35.6 Å². The van der Waals surface area contributed by atoms with Crippen LogP contribution in [0.15, 0.2) is 5.11 Å². The predicted molar refractivity (Wildman–Crippen MR) is 118 cm³/mol. The number of carbonyl (C=O) groups is 6. The van der Waals surface area contributed by atoms with Crippen LogP contribution in [0.1, 0.15) is 52.9 Å². The van der Waals surface area contributed by atoms with E-state index in [4.69, 9.17) is 29.3 Å². The van der Waals surface area contributed by atoms with Crippen molar-refractivity contribution in [2.45, 2.75) is 83.5 Å². The first-order valence-corrected chi connectivity index (χ1v) is 11.5. The number of carbonyl (C=O) groups excluding carboxylic acids is 6. The fourth-order valence-corrected chi connectivity index (χ4v) is 3.74. The minimum atomic E-state index is -1.23. The van der Waals surface area contributed by atoms with E-state index in [1.165, 1.54) is 6.92 Å². The van der Waals surface area contributed by atoms with Gasteiger partial charge in [-0.1, -0.05) is 5.11 Å². The Labute approximate surface area is 211 Å². The molecule has 0 aromatic rings. The molecule has 0 radical (unpaired) electrons. The maximum Gasteiger partial charge on any atom is 0.333 e. The number of hydroxylamine groups is 2. The fourth-order valence-electron chi connectivity index (χ4n) is 3.74. The van der Waals surface area contributed by atoms with E-state index in [0.717, 1.165) is 13.8 Å². The zero-order valence-corrected chi connectivity index (χ0v) is 20.6. The van der Waals surface area contributed by atoms with Crippen molar-refractivity contribution in [3.63, 3.8) is 0 Å². The number of unbranched alkanes of at least 4 members (excludes halogenated alkanes) is 1. The van der Waals surface area contributed by atoms with E-state index < -0.39 is 66.3 Å². The molecular weight excluding hydrogens is 498 g/mol. The summed E-state index contributed by atoms with van der Waals surface area (Å²) in [6.07, 6.45) is -4.27. The Balaban J connectivity index is 2.04. The van der Waals surface area contributed by atoms with Crippen LogP contribution in [-0.2, 0) is 52.6 Å². The van der Waals surface area contributed by atoms with Crippen LogP contribution in [-0.4, -0.2) is 84.5 Å². The van der Waals surface area contributed by atoms with Gasteiger partial charge in [0.05, 0.1) is 6.54 Å². The molecule has 37 heavy (non-hydrogen) atoms. The molecule has 2 saturated heterocycles. The summed E-state index contributed by atoms with van der Waals surface area (Å²) in [5.41, 5.74) is 8.72. The van der Waals surface area contributed by atoms with Gasteiger partial charge in [0, 0.05) is 51.6 Å². The van der Waals surface area contributed by atoms with E-state index in [2.05, 4.69) is 15.3 Å². The standard InChI is InChI=1S/C21H29N5O11/c1-11(27)24-18-20(35-13(3)29)19(34-12(2)28)14(10-23-25-22)36-21(18)33-9-5-4-6-17(32)37-26-15(30)7-8-16(26)31/h14,18-21H,4-10H2,1-3H3,(H,24,27)/t14?,18?,19-,20+,21-/m0/s1. The molecule has 2 aliphatic rings. The molecule has 5 atom stereocenters. The fraction of sp³-hybridized carbons (Fsp3) is 0.714. The lowest BCUT2D eigenvalue weighted by molar-refractivity contribution is -0.269. The van der Waals surface area contributed by atoms with Crippen LogP contribution in [0.5, 0.6) is 0 Å². The lowest BCUT2D eigenvalue weighted by atomic mass is 9.95. The number of amides is 3. The monoisotopic (exact) mass is 527 g/mol. The van der Waals surface area contributed by atoms with E-state index in [0.29, 0.717) is 11.5 Å². The Morgan fingerprint density at radius 1 is 1.05 bits per heavy atom. The zero-order valence-electron chi connectivity index (χ0n) is 20.6. The summed E-state index contributed by atoms with van der Waals surface area (Å²) < 4.78 is 22.2. The summed E-state index contributed by atoms with van der Waals surface area (Å²) in [5, 5.41) is 6.48. The second kappa shape index (κ2) is 14.1. The Morgan fingerprint density at radius 3 is 2.24 bits per heavy atom. The highest BCUT2D eigenvalue weighted by molar-refractivity contribution is 6.01. The van der Waals surface area contributed by atoms with Crippen molar-refractivity contribution in [2.24, 2.45) is 5.11 Å². The van der Waals surface area contributed by atoms with Crippen LogP contribution < -0.4 is 5.32 Å². The van der Waals surface area contributed by atoms with Crippen molar-refractivity contribution in [2.75, 3.05) is 13.2 Å². The van der Waals surface area contributed by atoms with Gasteiger partial charge in [-0.15, -0.1) is 5.06 Å². The van der Waals surface area contributed by atoms with Gasteiger partial charge in [-0.2, -0.15) is 0 Å². The van der Waals surface area contributed by atoms with Crippen molar-refractivity contribution < 1.29 is 52.6 Å². The van der Waals surface area contributed by atoms with Crippen molar-refractivity contribution in [1.82, 2.24) is 10.4 Å². The third-order valence-electron chi connectivity index (χ3n) is 5.20. The van der Waals surface area contributed by atoms with Gasteiger partial charge in [0.1, 0.15) is 12.1 Å². The third-order valence-corrected chi connectivity index (χ3v) is 5.20. The molecule has 0 aromatic carbocycles. The molecule has 204 valence electrons. The molecule has 1 N–H and O–H groups in total. The van der Waals surface area contributed by atoms with Gasteiger partial charge >= 0.3 is 17.9 Å². The van der Waals surface area contributed by atoms with Crippen LogP contribution >= 0.6 is 0 Å². The molecule has 2 unspecified atom stereocenters. The second-order valence-electron chi connectivity index (χ2n) is 8.20. The van der Waals surface area contributed by atoms with Crippen molar-refractivity contribution in [3.8, 4) is 0 Å². The summed E-state index contributed by atoms with van der Waals surface area (Å²) in [5.74, 6) is -3.88. The largest absolute Gasteiger partial charge is 0.456 e. The normalized spacial score (nSPS) is 25.2. The molecule has 16 nitrogen and oxygen atoms in total. The molecule has 2 heterocycles. The first-order chi connectivity index (χ1) is 17.5. The first kappa shape index (κ1) is 29.5. The molecule has 3 amide bonds. The third kappa shape index (κ3) is 9.00. The number of ether oxygens (including phenoxy) is 4. The summed E-state index contributed by atoms with van der Waals surface area (Å²) in [6, 6.07) is -1.09. The smallest absolute Gasteiger partial charge is 0.333 e. The molecule has 0 aromatic heterocycles. The summed E-state index contributed by atoms with van der Waals surface area (Å²) >= 11 is 0. The Morgan fingerprint density at radius 2 is 1.68 bits per heavy atom. The van der Waals surface area contributed by atoms with Gasteiger partial charge in [-0.25, -0.2) is 4.79 Å². The molecular formula is C21H29N5O11. The molecule has 0 spiro atoms. The van der Waals surface area contributed by atoms with E-state index in [1.54, 1.807) is 0 Å². The molecule has 2 aliphatic heterocycles. The maximum absolute atomic E-state index is 11.9. The number of azide groups is 1. The minimum Gasteiger partial charge on any atom is -0.456 e. The van der Waals surface area contributed by atoms with E-state index >= 15 is 0 Å². The highest BCUT2D eigenvalue weighted by Crippen LogP contribution is 2.28. The molecule has 2 rings (SSSR count). The van der Waals surface area contributed by atoms with Gasteiger partial charge in [-0.05, 0) is 18.4 Å². The number of hydrogen-bond donors (Lipinski definition) is 1. The number of nitrogens with one attached hydrogen (secondary N) is 1. The quantitative estimate of drug-likeness (QED) is 0.0902. The summed E-state index contributed by atoms with van der Waals surface area (Å²) in [6.45, 7) is 3.20. The lowest BCUT2D eigenvalue weighted by Gasteiger charge is -2.45. The number of imide groups is 1. The number of esters is 2. The van der Waals surface area contributed by atoms with Crippen LogP contribution in [0.25, 0.3) is 10.4 Å². The van der Waals surface area contributed by atoms with Crippen molar-refractivity contribution in [3.05, 3.63) is 10.4 Å². The molecule has 2 fully saturated rings. The number of hydrogen-bond acceptors (Lipinski definition) is 12. The van der Waals surface area contributed by atoms with Gasteiger partial charge in [0.25, 0.3) is 11.8 Å². The van der Waals surface area contributed by atoms with Crippen LogP contribution in [0.2, 0.25) is 0 Å². The van der Waals surface area contributed by atoms with Crippen molar-refractivity contribution in [1.29, 1.82) is 0 Å². The SMILES string of the molecule is CC(=O)NC1[C@@H](OCCCCC(=O)ON2C(=O)CCC2=O)OC(CN=[N+]=[N-])[C@H](OC(C)=O)[C@@H]1OC(C)=O. The first-order valence-electron chi connectivity index (χ1n) is 11.5. The number of rotatable bonds is 12. The summed E-state index contributed by atoms with van der Waals surface area (Å²) in [7, 11) is 0. The molecule has 0 saturated carbocycles. The Bertz CT molecular complexity index is 935. The average molecular weight is 527 g/mol. The zero-order chi connectivity index (χ0) is 27.5. The van der Waals surface area contributed by atoms with E-state index in [1.807, 2.05) is 0 Å². The van der Waals surface area contributed by atoms with Gasteiger partial charge < -0.3 is 29.1 Å². The van der Waals surface area contributed by atoms with Crippen LogP contribution in [0, 0.1) is 0 Å². The topological polar surface area (TPSA) is 213 Å². The highest BCUT2D eigenvalue weighted by Gasteiger charge is 2.50. The van der Waals surface area contributed by atoms with Gasteiger partial charge in [-0.3, -0.25) is 24.0 Å². The molecule has 16 heteroatoms. The minimum absolute atomic E-state index is 0.00880. The van der Waals surface area contributed by atoms with E-state index in [9.17, 15) is 28.8 Å². The van der Waals surface area contributed by atoms with E-state index in [-0.39, 0.29) is 38.8 Å². The summed E-state index contributed by atoms with van der Waals surface area (Å²) in [4.78, 5) is 77.8. The maximum atomic E-state index is 11.9. The van der Waals surface area contributed by atoms with Crippen LogP contribution in [0.3, 0.4) is 0 Å². The van der Waals surface area contributed by atoms with Gasteiger partial charge in [0.2, 0.25) is 5.91 Å². The predicted octanol–water partition coefficient (Wildman–Crippen LogP) is 0.184. The average Bonchev–Trinajstić information content (AvgIpc) is 3.12. The highest BCUT2D eigenvalue weighted by atomic mass is 16.7. The Kier molecular flexibility index (Phi) is 11.2. The Hall–Kier alpha value is -3.75. The lowest BCUT2D eigenvalue weighted by Crippen LogP contribution is -2.66. The molecule has 0 aliphatic carbocycles. The number of nitrogens with zero attached hydrogens (tertiary/aromatic N) is 4. The molecule has 0 bridgehead atoms.